The molecule has 0 radical (unpaired) electrons. The van der Waals surface area contributed by atoms with Crippen molar-refractivity contribution in [2.75, 3.05) is 0 Å². The zero-order valence-corrected chi connectivity index (χ0v) is 9.14. The Hall–Kier alpha value is -1.25. The van der Waals surface area contributed by atoms with Crippen LogP contribution in [-0.4, -0.2) is 11.3 Å². The Morgan fingerprint density at radius 1 is 1.20 bits per heavy atom. The molecule has 1 aromatic carbocycles. The fourth-order valence-corrected chi connectivity index (χ4v) is 1.88. The van der Waals surface area contributed by atoms with Crippen molar-refractivity contribution in [1.29, 1.82) is 0 Å². The van der Waals surface area contributed by atoms with E-state index in [-0.39, 0.29) is 0 Å². The number of aromatic amines is 1. The molecule has 2 aromatic rings. The van der Waals surface area contributed by atoms with Gasteiger partial charge in [-0.25, -0.2) is 0 Å². The van der Waals surface area contributed by atoms with Gasteiger partial charge in [0.2, 0.25) is 0 Å². The van der Waals surface area contributed by atoms with Gasteiger partial charge in [-0.1, -0.05) is 29.3 Å². The minimum Gasteiger partial charge on any atom is -0.358 e. The zero-order chi connectivity index (χ0) is 10.8. The second-order valence-corrected chi connectivity index (χ2v) is 3.93. The monoisotopic (exact) mass is 239 g/mol. The van der Waals surface area contributed by atoms with Gasteiger partial charge in [-0.2, -0.15) is 0 Å². The molecule has 0 aliphatic rings. The molecule has 0 atom stereocenters. The van der Waals surface area contributed by atoms with Gasteiger partial charge in [-0.05, 0) is 18.2 Å². The van der Waals surface area contributed by atoms with Crippen LogP contribution in [0.25, 0.3) is 11.1 Å². The lowest BCUT2D eigenvalue weighted by Gasteiger charge is -2.01. The molecule has 0 spiro atoms. The average Bonchev–Trinajstić information content (AvgIpc) is 2.66. The third-order valence-corrected chi connectivity index (χ3v) is 2.62. The summed E-state index contributed by atoms with van der Waals surface area (Å²) in [7, 11) is 0. The first-order chi connectivity index (χ1) is 7.20. The van der Waals surface area contributed by atoms with Crippen molar-refractivity contribution in [3.05, 3.63) is 46.2 Å². The SMILES string of the molecule is O=Cc1cc(-c2ccc(Cl)cc2Cl)c[nH]1. The molecule has 0 aliphatic carbocycles. The van der Waals surface area contributed by atoms with Crippen molar-refractivity contribution in [3.63, 3.8) is 0 Å². The molecule has 0 saturated carbocycles. The molecule has 0 amide bonds. The Labute approximate surface area is 96.8 Å². The van der Waals surface area contributed by atoms with E-state index in [4.69, 9.17) is 23.2 Å². The van der Waals surface area contributed by atoms with Gasteiger partial charge in [-0.15, -0.1) is 0 Å². The van der Waals surface area contributed by atoms with Gasteiger partial charge in [0.25, 0.3) is 0 Å². The van der Waals surface area contributed by atoms with E-state index in [1.807, 2.05) is 6.07 Å². The first-order valence-electron chi connectivity index (χ1n) is 4.30. The van der Waals surface area contributed by atoms with E-state index in [2.05, 4.69) is 4.98 Å². The van der Waals surface area contributed by atoms with Crippen molar-refractivity contribution in [2.45, 2.75) is 0 Å². The average molecular weight is 240 g/mol. The Morgan fingerprint density at radius 3 is 2.60 bits per heavy atom. The lowest BCUT2D eigenvalue weighted by molar-refractivity contribution is 0.111. The fraction of sp³-hybridized carbons (Fsp3) is 0. The van der Waals surface area contributed by atoms with Crippen LogP contribution in [0.3, 0.4) is 0 Å². The van der Waals surface area contributed by atoms with Crippen molar-refractivity contribution >= 4 is 29.5 Å². The second kappa shape index (κ2) is 4.09. The first-order valence-corrected chi connectivity index (χ1v) is 5.05. The number of nitrogens with one attached hydrogen (secondary N) is 1. The quantitative estimate of drug-likeness (QED) is 0.795. The first kappa shape index (κ1) is 10.3. The molecule has 0 saturated heterocycles. The van der Waals surface area contributed by atoms with E-state index in [1.54, 1.807) is 24.4 Å². The summed E-state index contributed by atoms with van der Waals surface area (Å²) in [6.07, 6.45) is 2.49. The van der Waals surface area contributed by atoms with Gasteiger partial charge in [-0.3, -0.25) is 4.79 Å². The van der Waals surface area contributed by atoms with E-state index >= 15 is 0 Å². The molecule has 0 bridgehead atoms. The third-order valence-electron chi connectivity index (χ3n) is 2.07. The highest BCUT2D eigenvalue weighted by Crippen LogP contribution is 2.30. The van der Waals surface area contributed by atoms with Gasteiger partial charge >= 0.3 is 0 Å². The molecule has 1 heterocycles. The minimum atomic E-state index is 0.524. The number of hydrogen-bond donors (Lipinski definition) is 1. The molecular formula is C11H7Cl2NO. The zero-order valence-electron chi connectivity index (χ0n) is 7.63. The van der Waals surface area contributed by atoms with Gasteiger partial charge in [0.05, 0.1) is 5.69 Å². The van der Waals surface area contributed by atoms with E-state index in [9.17, 15) is 4.79 Å². The van der Waals surface area contributed by atoms with Crippen LogP contribution in [0, 0.1) is 0 Å². The molecule has 1 N–H and O–H groups in total. The lowest BCUT2D eigenvalue weighted by atomic mass is 10.1. The van der Waals surface area contributed by atoms with Crippen LogP contribution in [-0.2, 0) is 0 Å². The number of halogens is 2. The van der Waals surface area contributed by atoms with E-state index < -0.39 is 0 Å². The van der Waals surface area contributed by atoms with Crippen molar-refractivity contribution < 1.29 is 4.79 Å². The number of H-pyrrole nitrogens is 1. The lowest BCUT2D eigenvalue weighted by Crippen LogP contribution is -1.76. The minimum absolute atomic E-state index is 0.524. The number of benzene rings is 1. The standard InChI is InChI=1S/C11H7Cl2NO/c12-8-1-2-10(11(13)4-8)7-3-9(6-15)14-5-7/h1-6,14H. The summed E-state index contributed by atoms with van der Waals surface area (Å²) in [5, 5.41) is 1.16. The second-order valence-electron chi connectivity index (χ2n) is 3.09. The summed E-state index contributed by atoms with van der Waals surface area (Å²) >= 11 is 11.8. The highest BCUT2D eigenvalue weighted by Gasteiger charge is 2.06. The summed E-state index contributed by atoms with van der Waals surface area (Å²) in [6, 6.07) is 6.99. The van der Waals surface area contributed by atoms with Crippen LogP contribution in [0.5, 0.6) is 0 Å². The number of carbonyl (C=O) groups excluding carboxylic acids is 1. The Bertz CT molecular complexity index is 505. The van der Waals surface area contributed by atoms with Crippen LogP contribution in [0.2, 0.25) is 10.0 Å². The molecule has 2 rings (SSSR count). The maximum atomic E-state index is 10.5. The van der Waals surface area contributed by atoms with Gasteiger partial charge in [0.15, 0.2) is 6.29 Å². The summed E-state index contributed by atoms with van der Waals surface area (Å²) in [6.45, 7) is 0. The summed E-state index contributed by atoms with van der Waals surface area (Å²) in [4.78, 5) is 13.3. The molecule has 4 heteroatoms. The van der Waals surface area contributed by atoms with E-state index in [0.29, 0.717) is 15.7 Å². The normalized spacial score (nSPS) is 10.3. The van der Waals surface area contributed by atoms with Crippen molar-refractivity contribution in [2.24, 2.45) is 0 Å². The summed E-state index contributed by atoms with van der Waals surface area (Å²) in [5.41, 5.74) is 2.25. The predicted octanol–water partition coefficient (Wildman–Crippen LogP) is 3.80. The van der Waals surface area contributed by atoms with Crippen LogP contribution in [0.1, 0.15) is 10.5 Å². The van der Waals surface area contributed by atoms with Crippen LogP contribution in [0.15, 0.2) is 30.5 Å². The summed E-state index contributed by atoms with van der Waals surface area (Å²) < 4.78 is 0. The molecule has 2 nitrogen and oxygen atoms in total. The fourth-order valence-electron chi connectivity index (χ4n) is 1.36. The van der Waals surface area contributed by atoms with Gasteiger partial charge < -0.3 is 4.98 Å². The highest BCUT2D eigenvalue weighted by molar-refractivity contribution is 6.36. The number of carbonyl (C=O) groups is 1. The van der Waals surface area contributed by atoms with Crippen LogP contribution >= 0.6 is 23.2 Å². The molecular weight excluding hydrogens is 233 g/mol. The number of aromatic nitrogens is 1. The Kier molecular flexibility index (Phi) is 2.80. The van der Waals surface area contributed by atoms with Crippen molar-refractivity contribution in [3.8, 4) is 11.1 Å². The predicted molar refractivity (Wildman–Crippen MR) is 61.6 cm³/mol. The molecule has 0 unspecified atom stereocenters. The smallest absolute Gasteiger partial charge is 0.166 e. The van der Waals surface area contributed by atoms with E-state index in [0.717, 1.165) is 17.4 Å². The number of rotatable bonds is 2. The van der Waals surface area contributed by atoms with Gasteiger partial charge in [0.1, 0.15) is 0 Å². The largest absolute Gasteiger partial charge is 0.358 e. The number of aldehydes is 1. The molecule has 76 valence electrons. The Balaban J connectivity index is 2.49. The van der Waals surface area contributed by atoms with Crippen molar-refractivity contribution in [1.82, 2.24) is 4.98 Å². The number of hydrogen-bond acceptors (Lipinski definition) is 1. The highest BCUT2D eigenvalue weighted by atomic mass is 35.5. The third kappa shape index (κ3) is 2.06. The maximum absolute atomic E-state index is 10.5. The maximum Gasteiger partial charge on any atom is 0.166 e. The topological polar surface area (TPSA) is 32.9 Å². The van der Waals surface area contributed by atoms with E-state index in [1.165, 1.54) is 0 Å². The molecule has 1 aromatic heterocycles. The van der Waals surface area contributed by atoms with Crippen LogP contribution < -0.4 is 0 Å². The van der Waals surface area contributed by atoms with Gasteiger partial charge in [0, 0.05) is 27.4 Å². The summed E-state index contributed by atoms with van der Waals surface area (Å²) in [5.74, 6) is 0. The molecule has 0 fully saturated rings. The van der Waals surface area contributed by atoms with Crippen LogP contribution in [0.4, 0.5) is 0 Å². The Morgan fingerprint density at radius 2 is 2.00 bits per heavy atom. The molecule has 15 heavy (non-hydrogen) atoms. The molecule has 0 aliphatic heterocycles.